The summed E-state index contributed by atoms with van der Waals surface area (Å²) in [7, 11) is -3.05. The van der Waals surface area contributed by atoms with E-state index in [0.717, 1.165) is 6.26 Å². The third-order valence-corrected chi connectivity index (χ3v) is 1.48. The summed E-state index contributed by atoms with van der Waals surface area (Å²) in [5.74, 6) is 0. The Morgan fingerprint density at radius 3 is 2.00 bits per heavy atom. The third-order valence-electron chi connectivity index (χ3n) is 0.813. The van der Waals surface area contributed by atoms with Gasteiger partial charge in [0.1, 0.15) is 0 Å². The van der Waals surface area contributed by atoms with Crippen LogP contribution < -0.4 is 4.72 Å². The first-order chi connectivity index (χ1) is 4.21. The number of sulfonamides is 1. The van der Waals surface area contributed by atoms with Crippen LogP contribution in [0.3, 0.4) is 0 Å². The van der Waals surface area contributed by atoms with Gasteiger partial charge in [-0.15, -0.1) is 0 Å². The van der Waals surface area contributed by atoms with E-state index < -0.39 is 10.0 Å². The minimum atomic E-state index is -3.05. The van der Waals surface area contributed by atoms with Crippen LogP contribution >= 0.6 is 0 Å². The Balaban J connectivity index is 3.79. The first-order valence-electron chi connectivity index (χ1n) is 3.01. The van der Waals surface area contributed by atoms with Crippen molar-refractivity contribution in [2.24, 2.45) is 5.41 Å². The van der Waals surface area contributed by atoms with Crippen LogP contribution in [0.2, 0.25) is 0 Å². The molecular weight excluding hydrogens is 150 g/mol. The topological polar surface area (TPSA) is 46.2 Å². The quantitative estimate of drug-likeness (QED) is 0.656. The Morgan fingerprint density at radius 1 is 1.50 bits per heavy atom. The van der Waals surface area contributed by atoms with E-state index in [-0.39, 0.29) is 5.41 Å². The smallest absolute Gasteiger partial charge is 0.208 e. The number of hydrogen-bond acceptors (Lipinski definition) is 2. The fourth-order valence-electron chi connectivity index (χ4n) is 0.326. The molecule has 1 N–H and O–H groups in total. The minimum Gasteiger partial charge on any atom is -0.215 e. The summed E-state index contributed by atoms with van der Waals surface area (Å²) in [6.45, 7) is 7.86. The molecule has 0 aromatic heterocycles. The zero-order valence-corrected chi connectivity index (χ0v) is 7.46. The molecule has 10 heavy (non-hydrogen) atoms. The lowest BCUT2D eigenvalue weighted by atomic mass is 9.98. The van der Waals surface area contributed by atoms with Gasteiger partial charge in [-0.3, -0.25) is 0 Å². The molecule has 0 aromatic carbocycles. The molecule has 0 unspecified atom stereocenters. The monoisotopic (exact) mass is 164 g/mol. The summed E-state index contributed by atoms with van der Waals surface area (Å²) in [6.07, 6.45) is 1.14. The van der Waals surface area contributed by atoms with Gasteiger partial charge < -0.3 is 0 Å². The van der Waals surface area contributed by atoms with Crippen molar-refractivity contribution in [3.63, 3.8) is 0 Å². The van der Waals surface area contributed by atoms with E-state index in [1.165, 1.54) is 0 Å². The molecule has 61 valence electrons. The molecular formula is C6H14NO2S. The predicted octanol–water partition coefficient (Wildman–Crippen LogP) is 0.396. The van der Waals surface area contributed by atoms with Gasteiger partial charge in [0.25, 0.3) is 0 Å². The van der Waals surface area contributed by atoms with Gasteiger partial charge in [0.15, 0.2) is 0 Å². The Kier molecular flexibility index (Phi) is 2.86. The number of hydrogen-bond donors (Lipinski definition) is 1. The lowest BCUT2D eigenvalue weighted by molar-refractivity contribution is 0.463. The second-order valence-corrected chi connectivity index (χ2v) is 5.09. The zero-order chi connectivity index (χ0) is 8.41. The average Bonchev–Trinajstić information content (AvgIpc) is 1.57. The van der Waals surface area contributed by atoms with Crippen LogP contribution in [-0.2, 0) is 10.0 Å². The molecule has 0 fully saturated rings. The van der Waals surface area contributed by atoms with E-state index in [2.05, 4.69) is 11.6 Å². The van der Waals surface area contributed by atoms with Crippen LogP contribution in [-0.4, -0.2) is 21.2 Å². The highest BCUT2D eigenvalue weighted by atomic mass is 32.2. The van der Waals surface area contributed by atoms with Gasteiger partial charge in [-0.05, 0) is 12.3 Å². The lowest BCUT2D eigenvalue weighted by Crippen LogP contribution is -2.31. The van der Waals surface area contributed by atoms with Crippen LogP contribution in [0.25, 0.3) is 0 Å². The van der Waals surface area contributed by atoms with E-state index >= 15 is 0 Å². The number of nitrogens with one attached hydrogen (secondary N) is 1. The van der Waals surface area contributed by atoms with E-state index in [0.29, 0.717) is 6.54 Å². The van der Waals surface area contributed by atoms with Crippen LogP contribution in [0.1, 0.15) is 13.8 Å². The molecule has 0 spiro atoms. The average molecular weight is 164 g/mol. The Morgan fingerprint density at radius 2 is 1.90 bits per heavy atom. The molecule has 0 rings (SSSR count). The van der Waals surface area contributed by atoms with Crippen LogP contribution in [0.5, 0.6) is 0 Å². The normalized spacial score (nSPS) is 13.6. The maximum Gasteiger partial charge on any atom is 0.208 e. The standard InChI is InChI=1S/C6H14NO2S/c1-6(2,3)5-7-10(4,8)9/h7H,1,5H2,2-4H3. The summed E-state index contributed by atoms with van der Waals surface area (Å²) >= 11 is 0. The molecule has 3 nitrogen and oxygen atoms in total. The fourth-order valence-corrected chi connectivity index (χ4v) is 0.979. The first-order valence-corrected chi connectivity index (χ1v) is 4.90. The highest BCUT2D eigenvalue weighted by molar-refractivity contribution is 7.88. The molecule has 0 aliphatic carbocycles. The van der Waals surface area contributed by atoms with E-state index in [1.807, 2.05) is 13.8 Å². The van der Waals surface area contributed by atoms with Gasteiger partial charge in [-0.2, -0.15) is 0 Å². The van der Waals surface area contributed by atoms with Crippen LogP contribution in [0.4, 0.5) is 0 Å². The maximum atomic E-state index is 10.5. The van der Waals surface area contributed by atoms with Crippen molar-refractivity contribution >= 4 is 10.0 Å². The zero-order valence-electron chi connectivity index (χ0n) is 6.64. The van der Waals surface area contributed by atoms with Gasteiger partial charge in [0.2, 0.25) is 10.0 Å². The molecule has 4 heteroatoms. The molecule has 0 atom stereocenters. The molecule has 0 saturated heterocycles. The predicted molar refractivity (Wildman–Crippen MR) is 42.0 cm³/mol. The third kappa shape index (κ3) is 7.91. The first kappa shape index (κ1) is 9.91. The van der Waals surface area contributed by atoms with Gasteiger partial charge in [0, 0.05) is 6.54 Å². The van der Waals surface area contributed by atoms with Crippen molar-refractivity contribution in [1.82, 2.24) is 4.72 Å². The van der Waals surface area contributed by atoms with E-state index in [9.17, 15) is 8.42 Å². The summed E-state index contributed by atoms with van der Waals surface area (Å²) in [5, 5.41) is 0. The van der Waals surface area contributed by atoms with Crippen molar-refractivity contribution in [3.05, 3.63) is 6.92 Å². The number of rotatable bonds is 3. The molecule has 1 radical (unpaired) electrons. The van der Waals surface area contributed by atoms with Crippen LogP contribution in [0.15, 0.2) is 0 Å². The molecule has 0 amide bonds. The van der Waals surface area contributed by atoms with Gasteiger partial charge in [-0.1, -0.05) is 13.8 Å². The molecule has 0 aromatic rings. The molecule has 0 aliphatic heterocycles. The SMILES string of the molecule is [CH2]C(C)(C)CNS(C)(=O)=O. The molecule has 0 saturated carbocycles. The Hall–Kier alpha value is -0.0900. The summed E-state index contributed by atoms with van der Waals surface area (Å²) in [4.78, 5) is 0. The van der Waals surface area contributed by atoms with Crippen molar-refractivity contribution in [3.8, 4) is 0 Å². The van der Waals surface area contributed by atoms with E-state index in [4.69, 9.17) is 0 Å². The van der Waals surface area contributed by atoms with Gasteiger partial charge in [-0.25, -0.2) is 13.1 Å². The second-order valence-electron chi connectivity index (χ2n) is 3.26. The van der Waals surface area contributed by atoms with E-state index in [1.54, 1.807) is 0 Å². The van der Waals surface area contributed by atoms with Crippen molar-refractivity contribution in [2.45, 2.75) is 13.8 Å². The lowest BCUT2D eigenvalue weighted by Gasteiger charge is -2.17. The molecule has 0 heterocycles. The van der Waals surface area contributed by atoms with Crippen LogP contribution in [0, 0.1) is 12.3 Å². The highest BCUT2D eigenvalue weighted by Gasteiger charge is 2.12. The maximum absolute atomic E-state index is 10.5. The summed E-state index contributed by atoms with van der Waals surface area (Å²) < 4.78 is 23.4. The highest BCUT2D eigenvalue weighted by Crippen LogP contribution is 2.09. The Bertz CT molecular complexity index is 188. The van der Waals surface area contributed by atoms with Crippen molar-refractivity contribution in [2.75, 3.05) is 12.8 Å². The van der Waals surface area contributed by atoms with Gasteiger partial charge >= 0.3 is 0 Å². The summed E-state index contributed by atoms with van der Waals surface area (Å²) in [5.41, 5.74) is -0.233. The Labute approximate surface area is 62.9 Å². The second kappa shape index (κ2) is 2.88. The molecule has 0 aliphatic rings. The van der Waals surface area contributed by atoms with Crippen molar-refractivity contribution in [1.29, 1.82) is 0 Å². The minimum absolute atomic E-state index is 0.233. The summed E-state index contributed by atoms with van der Waals surface area (Å²) in [6, 6.07) is 0. The fraction of sp³-hybridized carbons (Fsp3) is 0.833. The van der Waals surface area contributed by atoms with Gasteiger partial charge in [0.05, 0.1) is 6.26 Å². The van der Waals surface area contributed by atoms with Crippen molar-refractivity contribution < 1.29 is 8.42 Å². The molecule has 0 bridgehead atoms. The largest absolute Gasteiger partial charge is 0.215 e.